The SMILES string of the molecule is CC(=O)Nc1ccc(CN(C)Cc2cn[nH]c2-c2ccc(F)cc2)cc1. The highest BCUT2D eigenvalue weighted by Crippen LogP contribution is 2.23. The number of H-pyrrole nitrogens is 1. The van der Waals surface area contributed by atoms with Crippen molar-refractivity contribution in [3.63, 3.8) is 0 Å². The Hall–Kier alpha value is -2.99. The first-order valence-corrected chi connectivity index (χ1v) is 8.34. The number of amides is 1. The third-order valence-electron chi connectivity index (χ3n) is 4.02. The fourth-order valence-electron chi connectivity index (χ4n) is 2.85. The van der Waals surface area contributed by atoms with Crippen molar-refractivity contribution in [2.75, 3.05) is 12.4 Å². The zero-order valence-corrected chi connectivity index (χ0v) is 14.8. The second kappa shape index (κ2) is 7.93. The lowest BCUT2D eigenvalue weighted by Crippen LogP contribution is -2.17. The quantitative estimate of drug-likeness (QED) is 0.709. The lowest BCUT2D eigenvalue weighted by atomic mass is 10.1. The summed E-state index contributed by atoms with van der Waals surface area (Å²) in [6, 6.07) is 14.2. The fraction of sp³-hybridized carbons (Fsp3) is 0.200. The van der Waals surface area contributed by atoms with Crippen LogP contribution in [0.5, 0.6) is 0 Å². The van der Waals surface area contributed by atoms with Crippen LogP contribution in [-0.4, -0.2) is 28.1 Å². The number of halogens is 1. The van der Waals surface area contributed by atoms with E-state index < -0.39 is 0 Å². The van der Waals surface area contributed by atoms with Crippen LogP contribution in [0, 0.1) is 5.82 Å². The van der Waals surface area contributed by atoms with Crippen molar-refractivity contribution < 1.29 is 9.18 Å². The van der Waals surface area contributed by atoms with Gasteiger partial charge in [0.1, 0.15) is 5.82 Å². The number of benzene rings is 2. The van der Waals surface area contributed by atoms with Crippen molar-refractivity contribution in [2.45, 2.75) is 20.0 Å². The van der Waals surface area contributed by atoms with Gasteiger partial charge < -0.3 is 5.32 Å². The molecule has 5 nitrogen and oxygen atoms in total. The monoisotopic (exact) mass is 352 g/mol. The molecule has 0 aliphatic carbocycles. The standard InChI is InChI=1S/C20H21FN4O/c1-14(26)23-19-9-3-15(4-10-19)12-25(2)13-17-11-22-24-20(17)16-5-7-18(21)8-6-16/h3-11H,12-13H2,1-2H3,(H,22,24)(H,23,26). The van der Waals surface area contributed by atoms with E-state index in [-0.39, 0.29) is 11.7 Å². The maximum atomic E-state index is 13.1. The molecule has 0 atom stereocenters. The molecule has 0 spiro atoms. The van der Waals surface area contributed by atoms with E-state index in [4.69, 9.17) is 0 Å². The molecular weight excluding hydrogens is 331 g/mol. The molecule has 0 unspecified atom stereocenters. The van der Waals surface area contributed by atoms with E-state index in [0.717, 1.165) is 34.6 Å². The first-order valence-electron chi connectivity index (χ1n) is 8.34. The Labute approximate surface area is 151 Å². The van der Waals surface area contributed by atoms with Crippen molar-refractivity contribution >= 4 is 11.6 Å². The van der Waals surface area contributed by atoms with E-state index in [2.05, 4.69) is 20.4 Å². The van der Waals surface area contributed by atoms with Crippen LogP contribution in [-0.2, 0) is 17.9 Å². The Balaban J connectivity index is 1.65. The van der Waals surface area contributed by atoms with Gasteiger partial charge in [-0.05, 0) is 49.0 Å². The zero-order valence-electron chi connectivity index (χ0n) is 14.8. The summed E-state index contributed by atoms with van der Waals surface area (Å²) in [7, 11) is 2.03. The van der Waals surface area contributed by atoms with Gasteiger partial charge in [-0.3, -0.25) is 14.8 Å². The number of hydrogen-bond donors (Lipinski definition) is 2. The molecule has 1 amide bonds. The summed E-state index contributed by atoms with van der Waals surface area (Å²) in [5.74, 6) is -0.335. The maximum absolute atomic E-state index is 13.1. The van der Waals surface area contributed by atoms with Crippen molar-refractivity contribution in [2.24, 2.45) is 0 Å². The molecule has 3 aromatic rings. The summed E-state index contributed by atoms with van der Waals surface area (Å²) in [4.78, 5) is 13.2. The van der Waals surface area contributed by atoms with Crippen LogP contribution in [0.3, 0.4) is 0 Å². The Bertz CT molecular complexity index is 872. The largest absolute Gasteiger partial charge is 0.326 e. The molecule has 1 heterocycles. The van der Waals surface area contributed by atoms with Crippen LogP contribution in [0.1, 0.15) is 18.1 Å². The number of carbonyl (C=O) groups excluding carboxylic acids is 1. The molecule has 6 heteroatoms. The summed E-state index contributed by atoms with van der Waals surface area (Å²) in [5, 5.41) is 9.89. The number of nitrogens with zero attached hydrogens (tertiary/aromatic N) is 2. The van der Waals surface area contributed by atoms with E-state index in [0.29, 0.717) is 6.54 Å². The summed E-state index contributed by atoms with van der Waals surface area (Å²) in [5.41, 5.74) is 4.80. The molecule has 0 aliphatic rings. The number of anilines is 1. The van der Waals surface area contributed by atoms with E-state index >= 15 is 0 Å². The minimum absolute atomic E-state index is 0.0804. The molecule has 1 aromatic heterocycles. The van der Waals surface area contributed by atoms with Gasteiger partial charge >= 0.3 is 0 Å². The van der Waals surface area contributed by atoms with Gasteiger partial charge in [0, 0.05) is 36.8 Å². The van der Waals surface area contributed by atoms with Crippen LogP contribution in [0.15, 0.2) is 54.7 Å². The van der Waals surface area contributed by atoms with Crippen LogP contribution in [0.25, 0.3) is 11.3 Å². The highest BCUT2D eigenvalue weighted by molar-refractivity contribution is 5.88. The molecule has 2 aromatic carbocycles. The van der Waals surface area contributed by atoms with E-state index in [9.17, 15) is 9.18 Å². The molecule has 0 fully saturated rings. The number of carbonyl (C=O) groups is 1. The minimum Gasteiger partial charge on any atom is -0.326 e. The van der Waals surface area contributed by atoms with Gasteiger partial charge in [0.25, 0.3) is 0 Å². The number of rotatable bonds is 6. The third kappa shape index (κ3) is 4.55. The molecule has 0 saturated heterocycles. The smallest absolute Gasteiger partial charge is 0.221 e. The summed E-state index contributed by atoms with van der Waals surface area (Å²) in [6.45, 7) is 2.95. The Morgan fingerprint density at radius 3 is 2.46 bits per heavy atom. The lowest BCUT2D eigenvalue weighted by Gasteiger charge is -2.17. The molecule has 134 valence electrons. The van der Waals surface area contributed by atoms with Crippen LogP contribution >= 0.6 is 0 Å². The van der Waals surface area contributed by atoms with Gasteiger partial charge in [-0.25, -0.2) is 4.39 Å². The number of hydrogen-bond acceptors (Lipinski definition) is 3. The molecule has 0 saturated carbocycles. The highest BCUT2D eigenvalue weighted by Gasteiger charge is 2.11. The predicted molar refractivity (Wildman–Crippen MR) is 99.9 cm³/mol. The lowest BCUT2D eigenvalue weighted by molar-refractivity contribution is -0.114. The molecule has 3 rings (SSSR count). The van der Waals surface area contributed by atoms with Crippen molar-refractivity contribution in [3.8, 4) is 11.3 Å². The minimum atomic E-state index is -0.255. The summed E-state index contributed by atoms with van der Waals surface area (Å²) < 4.78 is 13.1. The van der Waals surface area contributed by atoms with Gasteiger partial charge in [-0.2, -0.15) is 5.10 Å². The number of nitrogens with one attached hydrogen (secondary N) is 2. The third-order valence-corrected chi connectivity index (χ3v) is 4.02. The molecule has 0 radical (unpaired) electrons. The van der Waals surface area contributed by atoms with Crippen LogP contribution < -0.4 is 5.32 Å². The maximum Gasteiger partial charge on any atom is 0.221 e. The molecular formula is C20H21FN4O. The molecule has 26 heavy (non-hydrogen) atoms. The van der Waals surface area contributed by atoms with E-state index in [1.165, 1.54) is 19.1 Å². The van der Waals surface area contributed by atoms with Gasteiger partial charge in [0.15, 0.2) is 0 Å². The summed E-state index contributed by atoms with van der Waals surface area (Å²) in [6.07, 6.45) is 1.80. The normalized spacial score (nSPS) is 10.9. The first-order chi connectivity index (χ1) is 12.5. The molecule has 0 bridgehead atoms. The van der Waals surface area contributed by atoms with Crippen LogP contribution in [0.4, 0.5) is 10.1 Å². The number of aromatic amines is 1. The zero-order chi connectivity index (χ0) is 18.5. The summed E-state index contributed by atoms with van der Waals surface area (Å²) >= 11 is 0. The first kappa shape index (κ1) is 17.8. The fourth-order valence-corrected chi connectivity index (χ4v) is 2.85. The second-order valence-corrected chi connectivity index (χ2v) is 6.33. The van der Waals surface area contributed by atoms with Crippen molar-refractivity contribution in [1.29, 1.82) is 0 Å². The Morgan fingerprint density at radius 1 is 1.12 bits per heavy atom. The highest BCUT2D eigenvalue weighted by atomic mass is 19.1. The molecule has 0 aliphatic heterocycles. The van der Waals surface area contributed by atoms with Gasteiger partial charge in [0.05, 0.1) is 11.9 Å². The van der Waals surface area contributed by atoms with E-state index in [1.807, 2.05) is 31.3 Å². The van der Waals surface area contributed by atoms with Crippen molar-refractivity contribution in [1.82, 2.24) is 15.1 Å². The van der Waals surface area contributed by atoms with Crippen molar-refractivity contribution in [3.05, 3.63) is 71.7 Å². The topological polar surface area (TPSA) is 61.0 Å². The average Bonchev–Trinajstić information content (AvgIpc) is 3.05. The van der Waals surface area contributed by atoms with Gasteiger partial charge in [0.2, 0.25) is 5.91 Å². The number of aromatic nitrogens is 2. The predicted octanol–water partition coefficient (Wildman–Crippen LogP) is 3.81. The average molecular weight is 352 g/mol. The van der Waals surface area contributed by atoms with Gasteiger partial charge in [-0.15, -0.1) is 0 Å². The Kier molecular flexibility index (Phi) is 5.43. The van der Waals surface area contributed by atoms with Crippen LogP contribution in [0.2, 0.25) is 0 Å². The second-order valence-electron chi connectivity index (χ2n) is 6.33. The van der Waals surface area contributed by atoms with Gasteiger partial charge in [-0.1, -0.05) is 12.1 Å². The van der Waals surface area contributed by atoms with E-state index in [1.54, 1.807) is 18.3 Å². The Morgan fingerprint density at radius 2 is 1.81 bits per heavy atom. The molecule has 2 N–H and O–H groups in total.